The van der Waals surface area contributed by atoms with Gasteiger partial charge < -0.3 is 5.11 Å². The zero-order valence-corrected chi connectivity index (χ0v) is 12.9. The summed E-state index contributed by atoms with van der Waals surface area (Å²) < 4.78 is 0. The molecule has 0 saturated heterocycles. The Bertz CT molecular complexity index is 617. The van der Waals surface area contributed by atoms with E-state index < -0.39 is 6.10 Å². The SMILES string of the molecule is CCc1nnc(C)cc1C(O)Cc1ccc(Cl)c(Cl)c1. The van der Waals surface area contributed by atoms with Crippen molar-refractivity contribution in [2.45, 2.75) is 32.8 Å². The van der Waals surface area contributed by atoms with E-state index in [4.69, 9.17) is 23.2 Å². The maximum Gasteiger partial charge on any atom is 0.0849 e. The molecule has 0 bridgehead atoms. The van der Waals surface area contributed by atoms with E-state index in [1.807, 2.05) is 26.0 Å². The van der Waals surface area contributed by atoms with E-state index in [-0.39, 0.29) is 0 Å². The summed E-state index contributed by atoms with van der Waals surface area (Å²) in [6, 6.07) is 7.27. The molecule has 20 heavy (non-hydrogen) atoms. The van der Waals surface area contributed by atoms with E-state index in [0.29, 0.717) is 16.5 Å². The fraction of sp³-hybridized carbons (Fsp3) is 0.333. The molecule has 0 spiro atoms. The zero-order valence-electron chi connectivity index (χ0n) is 11.4. The minimum absolute atomic E-state index is 0.467. The van der Waals surface area contributed by atoms with Crippen LogP contribution >= 0.6 is 23.2 Å². The molecule has 1 N–H and O–H groups in total. The Morgan fingerprint density at radius 3 is 2.55 bits per heavy atom. The molecule has 0 aliphatic carbocycles. The molecule has 0 saturated carbocycles. The summed E-state index contributed by atoms with van der Waals surface area (Å²) in [5, 5.41) is 19.6. The summed E-state index contributed by atoms with van der Waals surface area (Å²) >= 11 is 11.9. The highest BCUT2D eigenvalue weighted by Gasteiger charge is 2.15. The van der Waals surface area contributed by atoms with Gasteiger partial charge >= 0.3 is 0 Å². The Kier molecular flexibility index (Phi) is 4.97. The van der Waals surface area contributed by atoms with Crippen LogP contribution in [0.1, 0.15) is 35.5 Å². The largest absolute Gasteiger partial charge is 0.388 e. The molecule has 0 aliphatic heterocycles. The van der Waals surface area contributed by atoms with E-state index in [2.05, 4.69) is 10.2 Å². The van der Waals surface area contributed by atoms with Crippen LogP contribution in [0.3, 0.4) is 0 Å². The maximum absolute atomic E-state index is 10.4. The predicted molar refractivity (Wildman–Crippen MR) is 81.3 cm³/mol. The van der Waals surface area contributed by atoms with Gasteiger partial charge in [-0.1, -0.05) is 36.2 Å². The lowest BCUT2D eigenvalue weighted by molar-refractivity contribution is 0.176. The van der Waals surface area contributed by atoms with Gasteiger partial charge in [-0.25, -0.2) is 0 Å². The molecule has 106 valence electrons. The molecule has 1 heterocycles. The highest BCUT2D eigenvalue weighted by Crippen LogP contribution is 2.26. The first-order chi connectivity index (χ1) is 9.51. The second-order valence-electron chi connectivity index (χ2n) is 4.71. The van der Waals surface area contributed by atoms with Gasteiger partial charge in [-0.2, -0.15) is 10.2 Å². The van der Waals surface area contributed by atoms with Crippen molar-refractivity contribution in [1.29, 1.82) is 0 Å². The first-order valence-electron chi connectivity index (χ1n) is 6.46. The molecular formula is C15H16Cl2N2O. The molecule has 2 aromatic rings. The molecule has 1 aromatic heterocycles. The van der Waals surface area contributed by atoms with Crippen molar-refractivity contribution in [2.24, 2.45) is 0 Å². The number of hydrogen-bond acceptors (Lipinski definition) is 3. The monoisotopic (exact) mass is 310 g/mol. The molecule has 1 unspecified atom stereocenters. The van der Waals surface area contributed by atoms with Gasteiger partial charge in [-0.3, -0.25) is 0 Å². The molecule has 0 fully saturated rings. The molecule has 0 amide bonds. The summed E-state index contributed by atoms with van der Waals surface area (Å²) in [6.07, 6.45) is 0.576. The third-order valence-electron chi connectivity index (χ3n) is 3.13. The third kappa shape index (κ3) is 3.48. The maximum atomic E-state index is 10.4. The summed E-state index contributed by atoms with van der Waals surface area (Å²) in [4.78, 5) is 0. The Morgan fingerprint density at radius 2 is 1.90 bits per heavy atom. The van der Waals surface area contributed by atoms with Crippen molar-refractivity contribution < 1.29 is 5.11 Å². The summed E-state index contributed by atoms with van der Waals surface area (Å²) in [6.45, 7) is 3.86. The number of benzene rings is 1. The van der Waals surface area contributed by atoms with Gasteiger partial charge in [-0.05, 0) is 37.1 Å². The van der Waals surface area contributed by atoms with E-state index in [1.54, 1.807) is 12.1 Å². The lowest BCUT2D eigenvalue weighted by Gasteiger charge is -2.14. The van der Waals surface area contributed by atoms with Gasteiger partial charge in [-0.15, -0.1) is 0 Å². The van der Waals surface area contributed by atoms with Crippen LogP contribution in [0, 0.1) is 6.92 Å². The number of nitrogens with zero attached hydrogens (tertiary/aromatic N) is 2. The van der Waals surface area contributed by atoms with Gasteiger partial charge in [0.2, 0.25) is 0 Å². The summed E-state index contributed by atoms with van der Waals surface area (Å²) in [5.74, 6) is 0. The number of aliphatic hydroxyl groups is 1. The van der Waals surface area contributed by atoms with Crippen molar-refractivity contribution in [1.82, 2.24) is 10.2 Å². The molecule has 0 aliphatic rings. The molecule has 0 radical (unpaired) electrons. The van der Waals surface area contributed by atoms with Crippen LogP contribution in [0.4, 0.5) is 0 Å². The topological polar surface area (TPSA) is 46.0 Å². The van der Waals surface area contributed by atoms with E-state index >= 15 is 0 Å². The van der Waals surface area contributed by atoms with E-state index in [1.165, 1.54) is 0 Å². The van der Waals surface area contributed by atoms with Crippen LogP contribution < -0.4 is 0 Å². The van der Waals surface area contributed by atoms with Crippen LogP contribution in [0.15, 0.2) is 24.3 Å². The number of halogens is 2. The minimum atomic E-state index is -0.628. The number of aromatic nitrogens is 2. The predicted octanol–water partition coefficient (Wildman–Crippen LogP) is 3.93. The number of aryl methyl sites for hydroxylation is 2. The van der Waals surface area contributed by atoms with E-state index in [9.17, 15) is 5.11 Å². The third-order valence-corrected chi connectivity index (χ3v) is 3.87. The first-order valence-corrected chi connectivity index (χ1v) is 7.22. The van der Waals surface area contributed by atoms with Gasteiger partial charge in [0.25, 0.3) is 0 Å². The van der Waals surface area contributed by atoms with Crippen LogP contribution in [0.5, 0.6) is 0 Å². The van der Waals surface area contributed by atoms with Gasteiger partial charge in [0.05, 0.1) is 27.5 Å². The molecule has 1 aromatic carbocycles. The van der Waals surface area contributed by atoms with Crippen LogP contribution in [-0.2, 0) is 12.8 Å². The molecular weight excluding hydrogens is 295 g/mol. The number of hydrogen-bond donors (Lipinski definition) is 1. The molecule has 5 heteroatoms. The van der Waals surface area contributed by atoms with Crippen molar-refractivity contribution in [3.05, 3.63) is 56.8 Å². The second-order valence-corrected chi connectivity index (χ2v) is 5.52. The van der Waals surface area contributed by atoms with Crippen molar-refractivity contribution in [3.8, 4) is 0 Å². The smallest absolute Gasteiger partial charge is 0.0849 e. The fourth-order valence-corrected chi connectivity index (χ4v) is 2.42. The van der Waals surface area contributed by atoms with Crippen LogP contribution in [-0.4, -0.2) is 15.3 Å². The summed E-state index contributed by atoms with van der Waals surface area (Å²) in [5.41, 5.74) is 3.38. The average Bonchev–Trinajstić information content (AvgIpc) is 2.43. The highest BCUT2D eigenvalue weighted by molar-refractivity contribution is 6.42. The van der Waals surface area contributed by atoms with Crippen LogP contribution in [0.2, 0.25) is 10.0 Å². The van der Waals surface area contributed by atoms with Crippen molar-refractivity contribution in [2.75, 3.05) is 0 Å². The number of rotatable bonds is 4. The second kappa shape index (κ2) is 6.53. The Hall–Kier alpha value is -1.16. The van der Waals surface area contributed by atoms with Gasteiger partial charge in [0.15, 0.2) is 0 Å². The number of aliphatic hydroxyl groups excluding tert-OH is 1. The Labute approximate surface area is 128 Å². The normalized spacial score (nSPS) is 12.4. The Balaban J connectivity index is 2.25. The molecule has 2 rings (SSSR count). The Morgan fingerprint density at radius 1 is 1.15 bits per heavy atom. The molecule has 3 nitrogen and oxygen atoms in total. The standard InChI is InChI=1S/C15H16Cl2N2O/c1-3-14-11(6-9(2)18-19-14)15(20)8-10-4-5-12(16)13(17)7-10/h4-7,15,20H,3,8H2,1-2H3. The zero-order chi connectivity index (χ0) is 14.7. The highest BCUT2D eigenvalue weighted by atomic mass is 35.5. The minimum Gasteiger partial charge on any atom is -0.388 e. The summed E-state index contributed by atoms with van der Waals surface area (Å²) in [7, 11) is 0. The lowest BCUT2D eigenvalue weighted by atomic mass is 9.99. The quantitative estimate of drug-likeness (QED) is 0.930. The lowest BCUT2D eigenvalue weighted by Crippen LogP contribution is -2.08. The van der Waals surface area contributed by atoms with Crippen molar-refractivity contribution >= 4 is 23.2 Å². The molecule has 1 atom stereocenters. The fourth-order valence-electron chi connectivity index (χ4n) is 2.10. The first kappa shape index (κ1) is 15.2. The average molecular weight is 311 g/mol. The van der Waals surface area contributed by atoms with E-state index in [0.717, 1.165) is 28.9 Å². The van der Waals surface area contributed by atoms with Crippen molar-refractivity contribution in [3.63, 3.8) is 0 Å². The van der Waals surface area contributed by atoms with Crippen LogP contribution in [0.25, 0.3) is 0 Å². The van der Waals surface area contributed by atoms with Gasteiger partial charge in [0.1, 0.15) is 0 Å². The van der Waals surface area contributed by atoms with Gasteiger partial charge in [0, 0.05) is 12.0 Å².